The lowest BCUT2D eigenvalue weighted by Gasteiger charge is -2.50. The second-order valence-electron chi connectivity index (χ2n) is 9.02. The van der Waals surface area contributed by atoms with Gasteiger partial charge in [-0.2, -0.15) is 0 Å². The predicted octanol–water partition coefficient (Wildman–Crippen LogP) is 4.42. The number of piperidine rings is 3. The van der Waals surface area contributed by atoms with Gasteiger partial charge in [0.15, 0.2) is 14.1 Å². The summed E-state index contributed by atoms with van der Waals surface area (Å²) < 4.78 is 6.48. The lowest BCUT2D eigenvalue weighted by molar-refractivity contribution is -0.112. The van der Waals surface area contributed by atoms with Crippen molar-refractivity contribution in [3.05, 3.63) is 24.3 Å². The average Bonchev–Trinajstić information content (AvgIpc) is 2.49. The summed E-state index contributed by atoms with van der Waals surface area (Å²) >= 11 is 0. The van der Waals surface area contributed by atoms with Gasteiger partial charge in [0.05, 0.1) is 0 Å². The van der Waals surface area contributed by atoms with E-state index in [9.17, 15) is 4.79 Å². The molecule has 3 rings (SSSR count). The first-order chi connectivity index (χ1) is 11.1. The summed E-state index contributed by atoms with van der Waals surface area (Å²) in [4.78, 5) is 13.6. The van der Waals surface area contributed by atoms with Gasteiger partial charge in [0.1, 0.15) is 0 Å². The highest BCUT2D eigenvalue weighted by atomic mass is 28.4. The van der Waals surface area contributed by atoms with Crippen molar-refractivity contribution in [3.8, 4) is 0 Å². The topological polar surface area (TPSA) is 29.5 Å². The molecule has 136 valence electrons. The second kappa shape index (κ2) is 7.67. The van der Waals surface area contributed by atoms with Gasteiger partial charge >= 0.3 is 0 Å². The molecular formula is C20H35NO2Si. The zero-order valence-electron chi connectivity index (χ0n) is 16.3. The number of carbonyl (C=O) groups excluding carboxylic acids is 1. The zero-order valence-corrected chi connectivity index (χ0v) is 17.3. The van der Waals surface area contributed by atoms with Gasteiger partial charge < -0.3 is 4.43 Å². The molecule has 3 fully saturated rings. The largest absolute Gasteiger partial charge is 0.415 e. The Hall–Kier alpha value is -0.713. The number of hydrogen-bond donors (Lipinski definition) is 0. The van der Waals surface area contributed by atoms with Crippen LogP contribution in [0.3, 0.4) is 0 Å². The summed E-state index contributed by atoms with van der Waals surface area (Å²) in [6, 6.07) is 0.593. The average molecular weight is 350 g/mol. The summed E-state index contributed by atoms with van der Waals surface area (Å²) in [5.41, 5.74) is 0. The van der Waals surface area contributed by atoms with Crippen molar-refractivity contribution in [2.75, 3.05) is 19.7 Å². The van der Waals surface area contributed by atoms with E-state index >= 15 is 0 Å². The van der Waals surface area contributed by atoms with Gasteiger partial charge in [0.25, 0.3) is 0 Å². The van der Waals surface area contributed by atoms with Crippen LogP contribution in [0.25, 0.3) is 0 Å². The van der Waals surface area contributed by atoms with E-state index in [0.717, 1.165) is 19.1 Å². The van der Waals surface area contributed by atoms with Gasteiger partial charge in [-0.25, -0.2) is 0 Å². The molecule has 3 aliphatic rings. The van der Waals surface area contributed by atoms with Crippen LogP contribution in [0.15, 0.2) is 24.3 Å². The SMILES string of the molecule is CC(=O)/C=C/C=C/[C@H]1CN2CC[C@H]1C[C@H]2CO[Si](C)(C)C(C)(C)C. The highest BCUT2D eigenvalue weighted by molar-refractivity contribution is 6.74. The molecule has 0 amide bonds. The van der Waals surface area contributed by atoms with Gasteiger partial charge in [0.2, 0.25) is 0 Å². The van der Waals surface area contributed by atoms with Gasteiger partial charge in [-0.05, 0) is 62.4 Å². The number of ketones is 1. The summed E-state index contributed by atoms with van der Waals surface area (Å²) in [6.45, 7) is 16.4. The minimum atomic E-state index is -1.65. The summed E-state index contributed by atoms with van der Waals surface area (Å²) in [7, 11) is -1.65. The molecule has 3 nitrogen and oxygen atoms in total. The standard InChI is InChI=1S/C20H35NO2Si/c1-16(22)9-7-8-10-18-14-21-12-11-17(18)13-19(21)15-23-24(5,6)20(2,3)4/h7-10,17-19H,11-15H2,1-6H3/b9-7+,10-8+/t17-,18-,19-/m0/s1. The molecule has 0 saturated carbocycles. The van der Waals surface area contributed by atoms with E-state index in [1.165, 1.54) is 19.4 Å². The monoisotopic (exact) mass is 349 g/mol. The van der Waals surface area contributed by atoms with Crippen LogP contribution in [0, 0.1) is 11.8 Å². The molecule has 0 aromatic rings. The first-order valence-corrected chi connectivity index (χ1v) is 12.2. The van der Waals surface area contributed by atoms with Crippen LogP contribution >= 0.6 is 0 Å². The highest BCUT2D eigenvalue weighted by Gasteiger charge is 2.42. The lowest BCUT2D eigenvalue weighted by Crippen LogP contribution is -2.56. The zero-order chi connectivity index (χ0) is 18.0. The third-order valence-corrected chi connectivity index (χ3v) is 10.7. The van der Waals surface area contributed by atoms with Crippen LogP contribution in [0.2, 0.25) is 18.1 Å². The molecule has 0 spiro atoms. The third kappa shape index (κ3) is 4.90. The third-order valence-electron chi connectivity index (χ3n) is 6.17. The fourth-order valence-corrected chi connectivity index (χ4v) is 4.53. The van der Waals surface area contributed by atoms with E-state index in [4.69, 9.17) is 4.43 Å². The quantitative estimate of drug-likeness (QED) is 0.404. The summed E-state index contributed by atoms with van der Waals surface area (Å²) in [5.74, 6) is 1.50. The van der Waals surface area contributed by atoms with E-state index < -0.39 is 8.32 Å². The second-order valence-corrected chi connectivity index (χ2v) is 13.8. The predicted molar refractivity (Wildman–Crippen MR) is 104 cm³/mol. The maximum atomic E-state index is 10.9. The summed E-state index contributed by atoms with van der Waals surface area (Å²) in [6.07, 6.45) is 10.4. The minimum absolute atomic E-state index is 0.108. The number of hydrogen-bond acceptors (Lipinski definition) is 3. The van der Waals surface area contributed by atoms with Gasteiger partial charge in [-0.1, -0.05) is 39.0 Å². The van der Waals surface area contributed by atoms with Crippen LogP contribution in [0.4, 0.5) is 0 Å². The normalized spacial score (nSPS) is 31.2. The number of nitrogens with zero attached hydrogens (tertiary/aromatic N) is 1. The molecule has 24 heavy (non-hydrogen) atoms. The van der Waals surface area contributed by atoms with Crippen molar-refractivity contribution in [3.63, 3.8) is 0 Å². The van der Waals surface area contributed by atoms with Crippen molar-refractivity contribution >= 4 is 14.1 Å². The van der Waals surface area contributed by atoms with Crippen molar-refractivity contribution < 1.29 is 9.22 Å². The molecule has 0 aliphatic carbocycles. The van der Waals surface area contributed by atoms with Gasteiger partial charge in [0, 0.05) is 19.2 Å². The summed E-state index contributed by atoms with van der Waals surface area (Å²) in [5, 5.41) is 0.282. The number of carbonyl (C=O) groups is 1. The fraction of sp³-hybridized carbons (Fsp3) is 0.750. The molecule has 0 radical (unpaired) electrons. The van der Waals surface area contributed by atoms with E-state index in [-0.39, 0.29) is 10.8 Å². The maximum Gasteiger partial charge on any atom is 0.192 e. The molecule has 3 heterocycles. The Kier molecular flexibility index (Phi) is 6.27. The molecule has 0 aromatic carbocycles. The van der Waals surface area contributed by atoms with E-state index in [0.29, 0.717) is 12.0 Å². The van der Waals surface area contributed by atoms with Gasteiger partial charge in [-0.3, -0.25) is 9.69 Å². The van der Waals surface area contributed by atoms with Crippen LogP contribution in [0.1, 0.15) is 40.5 Å². The molecule has 0 aromatic heterocycles. The van der Waals surface area contributed by atoms with E-state index in [1.807, 2.05) is 6.08 Å². The van der Waals surface area contributed by atoms with Gasteiger partial charge in [-0.15, -0.1) is 0 Å². The number of allylic oxidation sites excluding steroid dienone is 3. The molecular weight excluding hydrogens is 314 g/mol. The number of rotatable bonds is 6. The molecule has 2 bridgehead atoms. The van der Waals surface area contributed by atoms with E-state index in [1.54, 1.807) is 13.0 Å². The maximum absolute atomic E-state index is 10.9. The van der Waals surface area contributed by atoms with Crippen molar-refractivity contribution in [2.24, 2.45) is 11.8 Å². The Morgan fingerprint density at radius 2 is 2.00 bits per heavy atom. The van der Waals surface area contributed by atoms with Crippen LogP contribution in [-0.2, 0) is 9.22 Å². The smallest absolute Gasteiger partial charge is 0.192 e. The first-order valence-electron chi connectivity index (χ1n) is 9.33. The highest BCUT2D eigenvalue weighted by Crippen LogP contribution is 2.40. The van der Waals surface area contributed by atoms with Crippen LogP contribution in [0.5, 0.6) is 0 Å². The van der Waals surface area contributed by atoms with Crippen molar-refractivity contribution in [1.29, 1.82) is 0 Å². The molecule has 3 aliphatic heterocycles. The molecule has 3 saturated heterocycles. The molecule has 4 heteroatoms. The van der Waals surface area contributed by atoms with Crippen molar-refractivity contribution in [2.45, 2.75) is 64.7 Å². The Labute approximate surface area is 149 Å². The first kappa shape index (κ1) is 19.6. The van der Waals surface area contributed by atoms with Crippen molar-refractivity contribution in [1.82, 2.24) is 4.90 Å². The molecule has 0 N–H and O–H groups in total. The Balaban J connectivity index is 1.88. The Bertz CT molecular complexity index is 504. The number of fused-ring (bicyclic) bond motifs is 3. The fourth-order valence-electron chi connectivity index (χ4n) is 3.49. The van der Waals surface area contributed by atoms with E-state index in [2.05, 4.69) is 50.9 Å². The van der Waals surface area contributed by atoms with Crippen LogP contribution in [-0.4, -0.2) is 44.7 Å². The van der Waals surface area contributed by atoms with Crippen LogP contribution < -0.4 is 0 Å². The minimum Gasteiger partial charge on any atom is -0.415 e. The Morgan fingerprint density at radius 1 is 1.29 bits per heavy atom. The Morgan fingerprint density at radius 3 is 2.54 bits per heavy atom. The molecule has 1 unspecified atom stereocenters. The molecule has 4 atom stereocenters. The lowest BCUT2D eigenvalue weighted by atomic mass is 9.75.